The van der Waals surface area contributed by atoms with Gasteiger partial charge in [0.1, 0.15) is 0 Å². The molecule has 0 aliphatic carbocycles. The van der Waals surface area contributed by atoms with Crippen molar-refractivity contribution in [2.45, 2.75) is 19.3 Å². The second-order valence-corrected chi connectivity index (χ2v) is 5.50. The summed E-state index contributed by atoms with van der Waals surface area (Å²) in [5.74, 6) is -4.37. The summed E-state index contributed by atoms with van der Waals surface area (Å²) in [5, 5.41) is 2.46. The number of carbonyl (C=O) groups is 1. The average molecular weight is 336 g/mol. The van der Waals surface area contributed by atoms with Gasteiger partial charge in [-0.25, -0.2) is 23.1 Å². The molecule has 0 bridgehead atoms. The third-order valence-electron chi connectivity index (χ3n) is 3.82. The molecule has 1 aromatic carbocycles. The van der Waals surface area contributed by atoms with E-state index in [1.807, 2.05) is 0 Å². The third-order valence-corrected chi connectivity index (χ3v) is 3.82. The predicted octanol–water partition coefficient (Wildman–Crippen LogP) is 3.26. The van der Waals surface area contributed by atoms with Crippen LogP contribution < -0.4 is 5.32 Å². The Balaban J connectivity index is 1.73. The summed E-state index contributed by atoms with van der Waals surface area (Å²) in [6, 6.07) is 1.85. The van der Waals surface area contributed by atoms with Crippen molar-refractivity contribution in [2.24, 2.45) is 0 Å². The van der Waals surface area contributed by atoms with Gasteiger partial charge >= 0.3 is 0 Å². The Morgan fingerprint density at radius 3 is 2.33 bits per heavy atom. The molecule has 1 aliphatic heterocycles. The van der Waals surface area contributed by atoms with Gasteiger partial charge in [0.2, 0.25) is 5.95 Å². The van der Waals surface area contributed by atoms with Gasteiger partial charge in [0.05, 0.1) is 11.3 Å². The third kappa shape index (κ3) is 3.32. The fourth-order valence-electron chi connectivity index (χ4n) is 2.53. The molecule has 126 valence electrons. The van der Waals surface area contributed by atoms with Crippen LogP contribution in [0.15, 0.2) is 24.5 Å². The fraction of sp³-hybridized carbons (Fsp3) is 0.312. The Kier molecular flexibility index (Phi) is 4.64. The maximum absolute atomic E-state index is 13.6. The number of halogens is 3. The van der Waals surface area contributed by atoms with Gasteiger partial charge in [0, 0.05) is 25.5 Å². The molecule has 2 aromatic rings. The number of rotatable bonds is 3. The molecule has 24 heavy (non-hydrogen) atoms. The molecule has 8 heteroatoms. The van der Waals surface area contributed by atoms with Crippen LogP contribution in [0.3, 0.4) is 0 Å². The van der Waals surface area contributed by atoms with Crippen LogP contribution in [0.2, 0.25) is 0 Å². The molecular weight excluding hydrogens is 321 g/mol. The summed E-state index contributed by atoms with van der Waals surface area (Å²) in [6.07, 6.45) is 5.71. The molecule has 1 saturated heterocycles. The second-order valence-electron chi connectivity index (χ2n) is 5.50. The SMILES string of the molecule is O=C(c1cnc(Nc2ccc(F)c(F)c2F)nc1)N1CCCCC1. The molecule has 0 unspecified atom stereocenters. The van der Waals surface area contributed by atoms with Crippen molar-refractivity contribution >= 4 is 17.5 Å². The fourth-order valence-corrected chi connectivity index (χ4v) is 2.53. The molecule has 2 heterocycles. The summed E-state index contributed by atoms with van der Waals surface area (Å²) in [5.41, 5.74) is 0.0391. The van der Waals surface area contributed by atoms with Crippen LogP contribution in [0.1, 0.15) is 29.6 Å². The first-order valence-electron chi connectivity index (χ1n) is 7.58. The molecule has 1 aliphatic rings. The minimum atomic E-state index is -1.57. The van der Waals surface area contributed by atoms with Gasteiger partial charge in [-0.1, -0.05) is 0 Å². The van der Waals surface area contributed by atoms with Crippen LogP contribution in [0, 0.1) is 17.5 Å². The van der Waals surface area contributed by atoms with E-state index in [2.05, 4.69) is 15.3 Å². The number of amides is 1. The van der Waals surface area contributed by atoms with Gasteiger partial charge in [-0.3, -0.25) is 4.79 Å². The topological polar surface area (TPSA) is 58.1 Å². The van der Waals surface area contributed by atoms with Crippen molar-refractivity contribution in [1.82, 2.24) is 14.9 Å². The van der Waals surface area contributed by atoms with Gasteiger partial charge in [-0.2, -0.15) is 0 Å². The average Bonchev–Trinajstić information content (AvgIpc) is 2.63. The summed E-state index contributed by atoms with van der Waals surface area (Å²) in [7, 11) is 0. The van der Waals surface area contributed by atoms with E-state index in [1.165, 1.54) is 12.4 Å². The highest BCUT2D eigenvalue weighted by atomic mass is 19.2. The molecule has 1 aromatic heterocycles. The van der Waals surface area contributed by atoms with Crippen LogP contribution in [-0.4, -0.2) is 33.9 Å². The summed E-state index contributed by atoms with van der Waals surface area (Å²) in [4.78, 5) is 21.9. The van der Waals surface area contributed by atoms with Crippen molar-refractivity contribution < 1.29 is 18.0 Å². The molecule has 0 spiro atoms. The Bertz CT molecular complexity index is 746. The maximum Gasteiger partial charge on any atom is 0.256 e. The zero-order valence-electron chi connectivity index (χ0n) is 12.7. The van der Waals surface area contributed by atoms with Crippen molar-refractivity contribution in [1.29, 1.82) is 0 Å². The maximum atomic E-state index is 13.6. The van der Waals surface area contributed by atoms with E-state index in [0.29, 0.717) is 18.7 Å². The lowest BCUT2D eigenvalue weighted by Crippen LogP contribution is -2.35. The molecule has 0 saturated carbocycles. The minimum Gasteiger partial charge on any atom is -0.339 e. The van der Waals surface area contributed by atoms with Crippen molar-refractivity contribution in [3.63, 3.8) is 0 Å². The van der Waals surface area contributed by atoms with Crippen LogP contribution in [0.5, 0.6) is 0 Å². The summed E-state index contributed by atoms with van der Waals surface area (Å²) < 4.78 is 39.7. The first kappa shape index (κ1) is 16.2. The highest BCUT2D eigenvalue weighted by Gasteiger charge is 2.19. The van der Waals surface area contributed by atoms with E-state index in [0.717, 1.165) is 31.4 Å². The molecule has 1 fully saturated rings. The second kappa shape index (κ2) is 6.86. The quantitative estimate of drug-likeness (QED) is 0.874. The molecule has 1 N–H and O–H groups in total. The predicted molar refractivity (Wildman–Crippen MR) is 81.4 cm³/mol. The Morgan fingerprint density at radius 2 is 1.67 bits per heavy atom. The lowest BCUT2D eigenvalue weighted by molar-refractivity contribution is 0.0723. The smallest absolute Gasteiger partial charge is 0.256 e. The number of nitrogens with zero attached hydrogens (tertiary/aromatic N) is 3. The first-order valence-corrected chi connectivity index (χ1v) is 7.58. The molecule has 5 nitrogen and oxygen atoms in total. The van der Waals surface area contributed by atoms with Gasteiger partial charge in [-0.05, 0) is 31.4 Å². The van der Waals surface area contributed by atoms with Gasteiger partial charge in [0.15, 0.2) is 17.5 Å². The van der Waals surface area contributed by atoms with Crippen molar-refractivity contribution in [3.8, 4) is 0 Å². The number of piperidine rings is 1. The minimum absolute atomic E-state index is 0.0184. The Hall–Kier alpha value is -2.64. The lowest BCUT2D eigenvalue weighted by atomic mass is 10.1. The van der Waals surface area contributed by atoms with Crippen LogP contribution in [0.25, 0.3) is 0 Å². The van der Waals surface area contributed by atoms with Crippen molar-refractivity contribution in [3.05, 3.63) is 47.5 Å². The van der Waals surface area contributed by atoms with Gasteiger partial charge in [-0.15, -0.1) is 0 Å². The molecule has 3 rings (SSSR count). The van der Waals surface area contributed by atoms with Crippen molar-refractivity contribution in [2.75, 3.05) is 18.4 Å². The van der Waals surface area contributed by atoms with Crippen LogP contribution in [-0.2, 0) is 0 Å². The van der Waals surface area contributed by atoms with E-state index < -0.39 is 17.5 Å². The van der Waals surface area contributed by atoms with E-state index in [4.69, 9.17) is 0 Å². The molecule has 0 atom stereocenters. The Morgan fingerprint density at radius 1 is 1.00 bits per heavy atom. The number of hydrogen-bond acceptors (Lipinski definition) is 4. The number of carbonyl (C=O) groups excluding carboxylic acids is 1. The number of likely N-dealkylation sites (tertiary alicyclic amines) is 1. The van der Waals surface area contributed by atoms with E-state index in [1.54, 1.807) is 4.90 Å². The van der Waals surface area contributed by atoms with Crippen LogP contribution >= 0.6 is 0 Å². The first-order chi connectivity index (χ1) is 11.6. The number of benzene rings is 1. The van der Waals surface area contributed by atoms with E-state index in [9.17, 15) is 18.0 Å². The number of nitrogens with one attached hydrogen (secondary N) is 1. The number of anilines is 2. The summed E-state index contributed by atoms with van der Waals surface area (Å²) in [6.45, 7) is 1.41. The van der Waals surface area contributed by atoms with E-state index in [-0.39, 0.29) is 17.5 Å². The monoisotopic (exact) mass is 336 g/mol. The zero-order chi connectivity index (χ0) is 17.1. The number of aromatic nitrogens is 2. The molecular formula is C16H15F3N4O. The van der Waals surface area contributed by atoms with E-state index >= 15 is 0 Å². The molecule has 0 radical (unpaired) electrons. The number of hydrogen-bond donors (Lipinski definition) is 1. The highest BCUT2D eigenvalue weighted by Crippen LogP contribution is 2.22. The molecule has 1 amide bonds. The standard InChI is InChI=1S/C16H15F3N4O/c17-11-4-5-12(14(19)13(11)18)22-16-20-8-10(9-21-16)15(24)23-6-2-1-3-7-23/h4-5,8-9H,1-3,6-7H2,(H,20,21,22). The summed E-state index contributed by atoms with van der Waals surface area (Å²) >= 11 is 0. The van der Waals surface area contributed by atoms with Gasteiger partial charge < -0.3 is 10.2 Å². The Labute approximate surface area is 136 Å². The highest BCUT2D eigenvalue weighted by molar-refractivity contribution is 5.93. The largest absolute Gasteiger partial charge is 0.339 e. The lowest BCUT2D eigenvalue weighted by Gasteiger charge is -2.26. The van der Waals surface area contributed by atoms with Crippen LogP contribution in [0.4, 0.5) is 24.8 Å². The zero-order valence-corrected chi connectivity index (χ0v) is 12.7. The normalized spacial score (nSPS) is 14.5. The van der Waals surface area contributed by atoms with Gasteiger partial charge in [0.25, 0.3) is 5.91 Å².